The lowest BCUT2D eigenvalue weighted by Gasteiger charge is -2.27. The van der Waals surface area contributed by atoms with Crippen molar-refractivity contribution in [2.24, 2.45) is 0 Å². The number of rotatable bonds is 19. The Morgan fingerprint density at radius 2 is 1.36 bits per heavy atom. The van der Waals surface area contributed by atoms with Crippen LogP contribution in [0.25, 0.3) is 0 Å². The number of nitrogens with zero attached hydrogens (tertiary/aromatic N) is 1. The maximum atomic E-state index is 13.1. The number of ether oxygens (including phenoxy) is 4. The van der Waals surface area contributed by atoms with Crippen LogP contribution in [-0.2, 0) is 42.8 Å². The van der Waals surface area contributed by atoms with E-state index in [4.69, 9.17) is 23.1 Å². The molecule has 0 bridgehead atoms. The van der Waals surface area contributed by atoms with E-state index in [0.29, 0.717) is 51.9 Å². The molecule has 2 N–H and O–H groups in total. The highest BCUT2D eigenvalue weighted by Crippen LogP contribution is 2.32. The summed E-state index contributed by atoms with van der Waals surface area (Å²) in [5, 5.41) is 5.29. The highest BCUT2D eigenvalue weighted by atomic mass is 32.2. The molecule has 44 heavy (non-hydrogen) atoms. The van der Waals surface area contributed by atoms with E-state index in [1.807, 2.05) is 0 Å². The molecular formula is C29H35N3O11S. The average Bonchev–Trinajstić information content (AvgIpc) is 3.27. The highest BCUT2D eigenvalue weighted by Gasteiger charge is 2.45. The van der Waals surface area contributed by atoms with E-state index in [-0.39, 0.29) is 48.7 Å². The molecular weight excluding hydrogens is 598 g/mol. The summed E-state index contributed by atoms with van der Waals surface area (Å²) in [7, 11) is -3.79. The molecule has 238 valence electrons. The topological polar surface area (TPSA) is 176 Å². The van der Waals surface area contributed by atoms with Crippen molar-refractivity contribution in [1.82, 2.24) is 10.2 Å². The fourth-order valence-corrected chi connectivity index (χ4v) is 5.45. The monoisotopic (exact) mass is 633 g/mol. The van der Waals surface area contributed by atoms with Gasteiger partial charge in [-0.3, -0.25) is 33.6 Å². The number of nitrogens with one attached hydrogen (secondary N) is 2. The summed E-state index contributed by atoms with van der Waals surface area (Å²) in [4.78, 5) is 50.8. The number of hydrogen-bond acceptors (Lipinski definition) is 12. The van der Waals surface area contributed by atoms with Gasteiger partial charge in [-0.15, -0.1) is 0 Å². The van der Waals surface area contributed by atoms with Gasteiger partial charge in [0.1, 0.15) is 6.04 Å². The maximum absolute atomic E-state index is 13.1. The first-order valence-electron chi connectivity index (χ1n) is 14.1. The van der Waals surface area contributed by atoms with Crippen molar-refractivity contribution < 1.29 is 50.7 Å². The van der Waals surface area contributed by atoms with Crippen LogP contribution < -0.4 is 10.6 Å². The van der Waals surface area contributed by atoms with E-state index >= 15 is 0 Å². The van der Waals surface area contributed by atoms with Crippen LogP contribution in [0.1, 0.15) is 33.6 Å². The van der Waals surface area contributed by atoms with Gasteiger partial charge in [0, 0.05) is 18.7 Å². The molecule has 0 aromatic heterocycles. The number of benzene rings is 2. The Kier molecular flexibility index (Phi) is 12.3. The lowest BCUT2D eigenvalue weighted by Crippen LogP contribution is -2.54. The Morgan fingerprint density at radius 3 is 2.00 bits per heavy atom. The number of fused-ring (bicyclic) bond motifs is 1. The molecule has 2 heterocycles. The highest BCUT2D eigenvalue weighted by molar-refractivity contribution is 7.86. The molecule has 1 unspecified atom stereocenters. The van der Waals surface area contributed by atoms with Crippen LogP contribution in [0, 0.1) is 0 Å². The summed E-state index contributed by atoms with van der Waals surface area (Å²) in [5.74, 6) is -2.21. The molecule has 1 fully saturated rings. The Hall–Kier alpha value is -3.73. The van der Waals surface area contributed by atoms with E-state index < -0.39 is 39.8 Å². The third kappa shape index (κ3) is 8.90. The van der Waals surface area contributed by atoms with Gasteiger partial charge in [0.15, 0.2) is 0 Å². The van der Waals surface area contributed by atoms with Gasteiger partial charge in [0.25, 0.3) is 21.9 Å². The van der Waals surface area contributed by atoms with Gasteiger partial charge in [-0.2, -0.15) is 8.42 Å². The number of amides is 4. The molecule has 2 aromatic rings. The zero-order valence-corrected chi connectivity index (χ0v) is 24.8. The van der Waals surface area contributed by atoms with Crippen molar-refractivity contribution in [1.29, 1.82) is 0 Å². The second-order valence-electron chi connectivity index (χ2n) is 9.64. The fraction of sp³-hybridized carbons (Fsp3) is 0.448. The molecule has 2 aliphatic heterocycles. The van der Waals surface area contributed by atoms with E-state index in [1.165, 1.54) is 18.2 Å². The number of anilines is 1. The van der Waals surface area contributed by atoms with Gasteiger partial charge in [-0.25, -0.2) is 0 Å². The molecule has 4 rings (SSSR count). The summed E-state index contributed by atoms with van der Waals surface area (Å²) in [6.45, 7) is 2.70. The minimum atomic E-state index is -3.79. The van der Waals surface area contributed by atoms with Gasteiger partial charge in [0.2, 0.25) is 11.8 Å². The van der Waals surface area contributed by atoms with Gasteiger partial charge in [-0.1, -0.05) is 24.3 Å². The molecule has 2 aromatic carbocycles. The van der Waals surface area contributed by atoms with Crippen LogP contribution in [0.4, 0.5) is 5.69 Å². The van der Waals surface area contributed by atoms with Crippen molar-refractivity contribution in [2.45, 2.75) is 23.8 Å². The molecule has 0 spiro atoms. The molecule has 4 amide bonds. The van der Waals surface area contributed by atoms with Crippen LogP contribution in [0.2, 0.25) is 0 Å². The largest absolute Gasteiger partial charge is 0.382 e. The second-order valence-corrected chi connectivity index (χ2v) is 11.3. The van der Waals surface area contributed by atoms with Crippen molar-refractivity contribution in [2.75, 3.05) is 71.3 Å². The van der Waals surface area contributed by atoms with Gasteiger partial charge in [0.05, 0.1) is 75.5 Å². The molecule has 2 aliphatic rings. The SMILES string of the molecule is O=C1CCC(N2C(=O)c3cccc(NCCOCCOCCOCCOCCOS(=O)(=O)c4ccccc4)c3C2=O)C(=O)N1. The Bertz CT molecular complexity index is 1420. The lowest BCUT2D eigenvalue weighted by atomic mass is 10.0. The molecule has 15 heteroatoms. The zero-order chi connectivity index (χ0) is 31.4. The Balaban J connectivity index is 1.01. The number of hydrogen-bond donors (Lipinski definition) is 2. The smallest absolute Gasteiger partial charge is 0.297 e. The summed E-state index contributed by atoms with van der Waals surface area (Å²) >= 11 is 0. The van der Waals surface area contributed by atoms with Crippen molar-refractivity contribution in [3.63, 3.8) is 0 Å². The molecule has 1 atom stereocenters. The van der Waals surface area contributed by atoms with Crippen LogP contribution in [-0.4, -0.2) is 109 Å². The van der Waals surface area contributed by atoms with Gasteiger partial charge < -0.3 is 24.3 Å². The lowest BCUT2D eigenvalue weighted by molar-refractivity contribution is -0.136. The van der Waals surface area contributed by atoms with E-state index in [2.05, 4.69) is 10.6 Å². The van der Waals surface area contributed by atoms with Crippen molar-refractivity contribution in [3.05, 3.63) is 59.7 Å². The number of piperidine rings is 1. The first-order valence-corrected chi connectivity index (χ1v) is 15.5. The van der Waals surface area contributed by atoms with Crippen LogP contribution in [0.5, 0.6) is 0 Å². The van der Waals surface area contributed by atoms with E-state index in [0.717, 1.165) is 4.90 Å². The molecule has 0 radical (unpaired) electrons. The van der Waals surface area contributed by atoms with Gasteiger partial charge in [-0.05, 0) is 30.7 Å². The molecule has 0 saturated carbocycles. The van der Waals surface area contributed by atoms with Crippen LogP contribution in [0.3, 0.4) is 0 Å². The Labute approximate surface area is 255 Å². The fourth-order valence-electron chi connectivity index (χ4n) is 4.54. The third-order valence-electron chi connectivity index (χ3n) is 6.64. The van der Waals surface area contributed by atoms with Crippen molar-refractivity contribution in [3.8, 4) is 0 Å². The molecule has 14 nitrogen and oxygen atoms in total. The Morgan fingerprint density at radius 1 is 0.750 bits per heavy atom. The maximum Gasteiger partial charge on any atom is 0.297 e. The summed E-state index contributed by atoms with van der Waals surface area (Å²) in [5.41, 5.74) is 0.859. The minimum absolute atomic E-state index is 0.0572. The predicted molar refractivity (Wildman–Crippen MR) is 154 cm³/mol. The van der Waals surface area contributed by atoms with Crippen LogP contribution in [0.15, 0.2) is 53.4 Å². The number of carbonyl (C=O) groups is 4. The first kappa shape index (κ1) is 33.2. The van der Waals surface area contributed by atoms with E-state index in [9.17, 15) is 27.6 Å². The van der Waals surface area contributed by atoms with Crippen LogP contribution >= 0.6 is 0 Å². The first-order chi connectivity index (χ1) is 21.3. The summed E-state index contributed by atoms with van der Waals surface area (Å²) in [6, 6.07) is 11.7. The standard InChI is InChI=1S/C29H35N3O11S/c33-25-10-9-24(27(34)31-25)32-28(35)22-7-4-8-23(26(22)29(32)36)30-11-12-39-13-14-40-15-16-41-17-18-42-19-20-43-44(37,38)21-5-2-1-3-6-21/h1-8,24,30H,9-20H2,(H,31,33,34). The normalized spacial score (nSPS) is 16.7. The quantitative estimate of drug-likeness (QED) is 0.128. The second kappa shape index (κ2) is 16.4. The van der Waals surface area contributed by atoms with Gasteiger partial charge >= 0.3 is 0 Å². The number of carbonyl (C=O) groups excluding carboxylic acids is 4. The third-order valence-corrected chi connectivity index (χ3v) is 7.97. The average molecular weight is 634 g/mol. The summed E-state index contributed by atoms with van der Waals surface area (Å²) in [6.07, 6.45) is 0.151. The molecule has 1 saturated heterocycles. The predicted octanol–water partition coefficient (Wildman–Crippen LogP) is 0.972. The number of imide groups is 2. The van der Waals surface area contributed by atoms with Crippen molar-refractivity contribution >= 4 is 39.4 Å². The summed E-state index contributed by atoms with van der Waals surface area (Å²) < 4.78 is 50.6. The zero-order valence-electron chi connectivity index (χ0n) is 24.0. The van der Waals surface area contributed by atoms with E-state index in [1.54, 1.807) is 30.3 Å². The minimum Gasteiger partial charge on any atom is -0.382 e. The molecule has 0 aliphatic carbocycles.